The monoisotopic (exact) mass is 311 g/mol. The van der Waals surface area contributed by atoms with Crippen LogP contribution < -0.4 is 11.1 Å². The van der Waals surface area contributed by atoms with E-state index in [9.17, 15) is 0 Å². The highest BCUT2D eigenvalue weighted by Crippen LogP contribution is 2.29. The quantitative estimate of drug-likeness (QED) is 0.901. The summed E-state index contributed by atoms with van der Waals surface area (Å²) in [6, 6.07) is 4.37. The minimum atomic E-state index is 0.0292. The van der Waals surface area contributed by atoms with Crippen molar-refractivity contribution < 1.29 is 0 Å². The molecule has 0 bridgehead atoms. The van der Waals surface area contributed by atoms with E-state index in [4.69, 9.17) is 5.73 Å². The van der Waals surface area contributed by atoms with Crippen molar-refractivity contribution in [1.29, 1.82) is 0 Å². The smallest absolute Gasteiger partial charge is 0.0634 e. The summed E-state index contributed by atoms with van der Waals surface area (Å²) in [6.45, 7) is 7.04. The molecule has 18 heavy (non-hydrogen) atoms. The summed E-state index contributed by atoms with van der Waals surface area (Å²) >= 11 is 3.61. The third-order valence-electron chi connectivity index (χ3n) is 3.78. The summed E-state index contributed by atoms with van der Waals surface area (Å²) in [7, 11) is 2.15. The van der Waals surface area contributed by atoms with Crippen molar-refractivity contribution in [1.82, 2.24) is 4.90 Å². The van der Waals surface area contributed by atoms with E-state index in [1.807, 2.05) is 0 Å². The van der Waals surface area contributed by atoms with E-state index in [2.05, 4.69) is 59.2 Å². The Kier molecular flexibility index (Phi) is 3.99. The zero-order chi connectivity index (χ0) is 13.3. The van der Waals surface area contributed by atoms with Crippen LogP contribution in [0.5, 0.6) is 0 Å². The van der Waals surface area contributed by atoms with Gasteiger partial charge < -0.3 is 16.0 Å². The summed E-state index contributed by atoms with van der Waals surface area (Å²) in [5.74, 6) is 0. The van der Waals surface area contributed by atoms with Crippen LogP contribution in [-0.4, -0.2) is 37.1 Å². The first-order valence-corrected chi connectivity index (χ1v) is 7.19. The first kappa shape index (κ1) is 13.8. The average molecular weight is 312 g/mol. The van der Waals surface area contributed by atoms with Crippen molar-refractivity contribution in [3.63, 3.8) is 0 Å². The van der Waals surface area contributed by atoms with Gasteiger partial charge in [-0.3, -0.25) is 0 Å². The van der Waals surface area contributed by atoms with E-state index in [1.165, 1.54) is 21.3 Å². The third kappa shape index (κ3) is 2.71. The first-order valence-electron chi connectivity index (χ1n) is 6.39. The average Bonchev–Trinajstić information content (AvgIpc) is 2.68. The minimum absolute atomic E-state index is 0.0292. The lowest BCUT2D eigenvalue weighted by molar-refractivity contribution is 0.385. The number of hydrogen-bond acceptors (Lipinski definition) is 3. The lowest BCUT2D eigenvalue weighted by atomic mass is 9.97. The number of benzene rings is 1. The van der Waals surface area contributed by atoms with Gasteiger partial charge in [0.05, 0.1) is 5.54 Å². The molecule has 1 fully saturated rings. The van der Waals surface area contributed by atoms with Crippen LogP contribution in [0.15, 0.2) is 16.6 Å². The summed E-state index contributed by atoms with van der Waals surface area (Å²) < 4.78 is 1.19. The molecule has 1 aliphatic heterocycles. The highest BCUT2D eigenvalue weighted by atomic mass is 79.9. The van der Waals surface area contributed by atoms with E-state index in [-0.39, 0.29) is 5.54 Å². The molecule has 0 aromatic heterocycles. The zero-order valence-electron chi connectivity index (χ0n) is 11.4. The third-order valence-corrected chi connectivity index (χ3v) is 5.03. The molecule has 1 atom stereocenters. The van der Waals surface area contributed by atoms with Crippen molar-refractivity contribution >= 4 is 21.6 Å². The maximum Gasteiger partial charge on any atom is 0.0634 e. The lowest BCUT2D eigenvalue weighted by Crippen LogP contribution is -2.47. The van der Waals surface area contributed by atoms with E-state index >= 15 is 0 Å². The summed E-state index contributed by atoms with van der Waals surface area (Å²) in [5, 5.41) is 3.66. The lowest BCUT2D eigenvalue weighted by Gasteiger charge is -2.30. The van der Waals surface area contributed by atoms with Gasteiger partial charge in [0.2, 0.25) is 0 Å². The topological polar surface area (TPSA) is 41.3 Å². The molecule has 1 aliphatic rings. The van der Waals surface area contributed by atoms with Gasteiger partial charge in [0.1, 0.15) is 0 Å². The second-order valence-corrected chi connectivity index (χ2v) is 6.31. The number of likely N-dealkylation sites (N-methyl/N-ethyl adjacent to an activating group) is 1. The molecular weight excluding hydrogens is 290 g/mol. The van der Waals surface area contributed by atoms with Crippen LogP contribution >= 0.6 is 15.9 Å². The Hall–Kier alpha value is -0.580. The van der Waals surface area contributed by atoms with E-state index < -0.39 is 0 Å². The Labute approximate surface area is 118 Å². The van der Waals surface area contributed by atoms with E-state index in [0.717, 1.165) is 19.5 Å². The number of nitrogens with zero attached hydrogens (tertiary/aromatic N) is 1. The van der Waals surface area contributed by atoms with Crippen molar-refractivity contribution in [2.45, 2.75) is 25.8 Å². The number of aryl methyl sites for hydroxylation is 2. The molecule has 1 saturated heterocycles. The molecule has 3 N–H and O–H groups in total. The van der Waals surface area contributed by atoms with Crippen molar-refractivity contribution in [2.75, 3.05) is 32.0 Å². The number of hydrogen-bond donors (Lipinski definition) is 2. The fourth-order valence-corrected chi connectivity index (χ4v) is 2.95. The molecule has 4 heteroatoms. The largest absolute Gasteiger partial charge is 0.377 e. The van der Waals surface area contributed by atoms with Gasteiger partial charge in [-0.25, -0.2) is 0 Å². The minimum Gasteiger partial charge on any atom is -0.377 e. The molecule has 1 aromatic rings. The van der Waals surface area contributed by atoms with Crippen LogP contribution in [0.1, 0.15) is 17.5 Å². The molecule has 2 rings (SSSR count). The van der Waals surface area contributed by atoms with E-state index in [0.29, 0.717) is 6.54 Å². The van der Waals surface area contributed by atoms with Crippen LogP contribution in [0, 0.1) is 13.8 Å². The van der Waals surface area contributed by atoms with Gasteiger partial charge in [-0.2, -0.15) is 0 Å². The zero-order valence-corrected chi connectivity index (χ0v) is 13.0. The number of likely N-dealkylation sites (tertiary alicyclic amines) is 1. The summed E-state index contributed by atoms with van der Waals surface area (Å²) in [5.41, 5.74) is 9.71. The molecule has 3 nitrogen and oxygen atoms in total. The summed E-state index contributed by atoms with van der Waals surface area (Å²) in [6.07, 6.45) is 1.11. The van der Waals surface area contributed by atoms with Gasteiger partial charge in [0.15, 0.2) is 0 Å². The number of anilines is 1. The molecule has 1 aromatic carbocycles. The molecule has 0 amide bonds. The SMILES string of the molecule is Cc1cc(NC2(CN)CCN(C)C2)cc(C)c1Br. The van der Waals surface area contributed by atoms with Gasteiger partial charge in [0.25, 0.3) is 0 Å². The Morgan fingerprint density at radius 1 is 1.39 bits per heavy atom. The van der Waals surface area contributed by atoms with Crippen molar-refractivity contribution in [3.8, 4) is 0 Å². The molecule has 0 spiro atoms. The Morgan fingerprint density at radius 2 is 2.00 bits per heavy atom. The van der Waals surface area contributed by atoms with Gasteiger partial charge in [-0.1, -0.05) is 15.9 Å². The molecule has 0 aliphatic carbocycles. The van der Waals surface area contributed by atoms with Crippen LogP contribution in [0.2, 0.25) is 0 Å². The van der Waals surface area contributed by atoms with Crippen LogP contribution in [0.25, 0.3) is 0 Å². The van der Waals surface area contributed by atoms with Crippen LogP contribution in [0.4, 0.5) is 5.69 Å². The Balaban J connectivity index is 2.23. The maximum absolute atomic E-state index is 5.99. The maximum atomic E-state index is 5.99. The van der Waals surface area contributed by atoms with Gasteiger partial charge in [0, 0.05) is 29.8 Å². The van der Waals surface area contributed by atoms with Crippen molar-refractivity contribution in [3.05, 3.63) is 27.7 Å². The van der Waals surface area contributed by atoms with Crippen LogP contribution in [-0.2, 0) is 0 Å². The summed E-state index contributed by atoms with van der Waals surface area (Å²) in [4.78, 5) is 2.33. The van der Waals surface area contributed by atoms with Crippen LogP contribution in [0.3, 0.4) is 0 Å². The van der Waals surface area contributed by atoms with Gasteiger partial charge in [-0.15, -0.1) is 0 Å². The highest BCUT2D eigenvalue weighted by Gasteiger charge is 2.35. The number of rotatable bonds is 3. The molecule has 1 unspecified atom stereocenters. The molecule has 1 heterocycles. The van der Waals surface area contributed by atoms with Gasteiger partial charge >= 0.3 is 0 Å². The Bertz CT molecular complexity index is 424. The Morgan fingerprint density at radius 3 is 2.44 bits per heavy atom. The predicted molar refractivity (Wildman–Crippen MR) is 81.1 cm³/mol. The molecule has 0 radical (unpaired) electrons. The standard InChI is InChI=1S/C14H22BrN3/c1-10-6-12(7-11(2)13(10)15)17-14(8-16)4-5-18(3)9-14/h6-7,17H,4-5,8-9,16H2,1-3H3. The number of halogens is 1. The molecule has 100 valence electrons. The van der Waals surface area contributed by atoms with Crippen molar-refractivity contribution in [2.24, 2.45) is 5.73 Å². The van der Waals surface area contributed by atoms with Gasteiger partial charge in [-0.05, 0) is 50.6 Å². The first-order chi connectivity index (χ1) is 8.46. The fraction of sp³-hybridized carbons (Fsp3) is 0.571. The number of nitrogens with one attached hydrogen (secondary N) is 1. The highest BCUT2D eigenvalue weighted by molar-refractivity contribution is 9.10. The second kappa shape index (κ2) is 5.19. The van der Waals surface area contributed by atoms with E-state index in [1.54, 1.807) is 0 Å². The number of nitrogens with two attached hydrogens (primary N) is 1. The molecular formula is C14H22BrN3. The second-order valence-electron chi connectivity index (χ2n) is 5.52. The predicted octanol–water partition coefficient (Wildman–Crippen LogP) is 2.51. The molecule has 0 saturated carbocycles. The fourth-order valence-electron chi connectivity index (χ4n) is 2.72. The normalized spacial score (nSPS) is 24.5.